The number of aryl methyl sites for hydroxylation is 1. The van der Waals surface area contributed by atoms with E-state index >= 15 is 0 Å². The molecule has 98 valence electrons. The first-order valence-corrected chi connectivity index (χ1v) is 6.91. The Bertz CT molecular complexity index is 594. The lowest BCUT2D eigenvalue weighted by Gasteiger charge is -2.07. The third-order valence-electron chi connectivity index (χ3n) is 2.67. The van der Waals surface area contributed by atoms with E-state index in [2.05, 4.69) is 15.9 Å². The number of ether oxygens (including phenoxy) is 1. The monoisotopic (exact) mass is 338 g/mol. The highest BCUT2D eigenvalue weighted by molar-refractivity contribution is 9.10. The Morgan fingerprint density at radius 2 is 1.89 bits per heavy atom. The molecule has 0 radical (unpaired) electrons. The Morgan fingerprint density at radius 1 is 1.21 bits per heavy atom. The van der Waals surface area contributed by atoms with Gasteiger partial charge >= 0.3 is 0 Å². The minimum Gasteiger partial charge on any atom is -0.485 e. The fourth-order valence-corrected chi connectivity index (χ4v) is 1.96. The van der Waals surface area contributed by atoms with Crippen molar-refractivity contribution in [3.63, 3.8) is 0 Å². The summed E-state index contributed by atoms with van der Waals surface area (Å²) in [5.74, 6) is 0.590. The zero-order valence-electron chi connectivity index (χ0n) is 10.3. The second kappa shape index (κ2) is 6.22. The van der Waals surface area contributed by atoms with E-state index in [1.54, 1.807) is 24.3 Å². The van der Waals surface area contributed by atoms with E-state index in [0.717, 1.165) is 10.0 Å². The number of ketones is 1. The summed E-state index contributed by atoms with van der Waals surface area (Å²) in [5.41, 5.74) is 1.56. The number of hydrogen-bond acceptors (Lipinski definition) is 2. The lowest BCUT2D eigenvalue weighted by atomic mass is 10.1. The van der Waals surface area contributed by atoms with E-state index in [9.17, 15) is 4.79 Å². The second-order valence-electron chi connectivity index (χ2n) is 4.13. The van der Waals surface area contributed by atoms with Crippen LogP contribution in [-0.4, -0.2) is 12.4 Å². The zero-order chi connectivity index (χ0) is 13.8. The Hall–Kier alpha value is -1.32. The van der Waals surface area contributed by atoms with Crippen LogP contribution in [-0.2, 0) is 0 Å². The van der Waals surface area contributed by atoms with Gasteiger partial charge in [0.05, 0.1) is 0 Å². The summed E-state index contributed by atoms with van der Waals surface area (Å²) < 4.78 is 6.41. The van der Waals surface area contributed by atoms with Gasteiger partial charge in [0, 0.05) is 15.1 Å². The standard InChI is InChI=1S/C15H12BrClO2/c1-10-8-13(6-7-14(10)17)19-9-15(18)11-2-4-12(16)5-3-11/h2-8H,9H2,1H3. The summed E-state index contributed by atoms with van der Waals surface area (Å²) in [5, 5.41) is 0.687. The molecule has 2 aromatic rings. The number of rotatable bonds is 4. The maximum atomic E-state index is 11.9. The molecule has 0 aliphatic rings. The molecule has 0 N–H and O–H groups in total. The molecule has 0 fully saturated rings. The second-order valence-corrected chi connectivity index (χ2v) is 5.45. The largest absolute Gasteiger partial charge is 0.485 e. The van der Waals surface area contributed by atoms with Crippen molar-refractivity contribution in [1.82, 2.24) is 0 Å². The highest BCUT2D eigenvalue weighted by Crippen LogP contribution is 2.21. The van der Waals surface area contributed by atoms with Crippen LogP contribution in [0.4, 0.5) is 0 Å². The average molecular weight is 340 g/mol. The van der Waals surface area contributed by atoms with Crippen molar-refractivity contribution in [3.05, 3.63) is 63.1 Å². The van der Waals surface area contributed by atoms with Crippen LogP contribution in [0.25, 0.3) is 0 Å². The molecule has 0 aliphatic carbocycles. The van der Waals surface area contributed by atoms with Crippen LogP contribution in [0.2, 0.25) is 5.02 Å². The van der Waals surface area contributed by atoms with Gasteiger partial charge in [-0.15, -0.1) is 0 Å². The van der Waals surface area contributed by atoms with Crippen molar-refractivity contribution in [2.75, 3.05) is 6.61 Å². The molecule has 2 rings (SSSR count). The third-order valence-corrected chi connectivity index (χ3v) is 3.62. The smallest absolute Gasteiger partial charge is 0.200 e. The topological polar surface area (TPSA) is 26.3 Å². The van der Waals surface area contributed by atoms with Crippen molar-refractivity contribution in [2.45, 2.75) is 6.92 Å². The maximum absolute atomic E-state index is 11.9. The molecule has 0 saturated carbocycles. The van der Waals surface area contributed by atoms with Gasteiger partial charge in [0.2, 0.25) is 0 Å². The molecule has 2 nitrogen and oxygen atoms in total. The molecule has 0 bridgehead atoms. The first kappa shape index (κ1) is 14.1. The van der Waals surface area contributed by atoms with Crippen LogP contribution >= 0.6 is 27.5 Å². The fraction of sp³-hybridized carbons (Fsp3) is 0.133. The zero-order valence-corrected chi connectivity index (χ0v) is 12.7. The first-order valence-electron chi connectivity index (χ1n) is 5.74. The minimum absolute atomic E-state index is 0.0166. The van der Waals surface area contributed by atoms with Gasteiger partial charge in [-0.25, -0.2) is 0 Å². The number of benzene rings is 2. The molecule has 0 unspecified atom stereocenters. The number of carbonyl (C=O) groups excluding carboxylic acids is 1. The summed E-state index contributed by atoms with van der Waals surface area (Å²) in [6.45, 7) is 1.91. The SMILES string of the molecule is Cc1cc(OCC(=O)c2ccc(Br)cc2)ccc1Cl. The van der Waals surface area contributed by atoms with E-state index in [-0.39, 0.29) is 12.4 Å². The maximum Gasteiger partial charge on any atom is 0.200 e. The van der Waals surface area contributed by atoms with Crippen LogP contribution < -0.4 is 4.74 Å². The van der Waals surface area contributed by atoms with Gasteiger partial charge in [0.25, 0.3) is 0 Å². The predicted octanol–water partition coefficient (Wildman–Crippen LogP) is 4.67. The molecule has 19 heavy (non-hydrogen) atoms. The van der Waals surface area contributed by atoms with Gasteiger partial charge in [0.15, 0.2) is 12.4 Å². The highest BCUT2D eigenvalue weighted by Gasteiger charge is 2.07. The van der Waals surface area contributed by atoms with E-state index in [1.165, 1.54) is 0 Å². The molecule has 0 saturated heterocycles. The number of carbonyl (C=O) groups is 1. The first-order chi connectivity index (χ1) is 9.06. The van der Waals surface area contributed by atoms with Gasteiger partial charge in [-0.05, 0) is 42.8 Å². The summed E-state index contributed by atoms with van der Waals surface area (Å²) in [7, 11) is 0. The van der Waals surface area contributed by atoms with Crippen molar-refractivity contribution in [3.8, 4) is 5.75 Å². The molecule has 0 aliphatic heterocycles. The minimum atomic E-state index is -0.0555. The van der Waals surface area contributed by atoms with Crippen LogP contribution in [0.15, 0.2) is 46.9 Å². The van der Waals surface area contributed by atoms with Crippen LogP contribution in [0.1, 0.15) is 15.9 Å². The molecule has 0 atom stereocenters. The quantitative estimate of drug-likeness (QED) is 0.757. The van der Waals surface area contributed by atoms with Crippen LogP contribution in [0.5, 0.6) is 5.75 Å². The highest BCUT2D eigenvalue weighted by atomic mass is 79.9. The lowest BCUT2D eigenvalue weighted by Crippen LogP contribution is -2.11. The Balaban J connectivity index is 2.00. The molecule has 4 heteroatoms. The summed E-state index contributed by atoms with van der Waals surface area (Å²) in [4.78, 5) is 11.9. The van der Waals surface area contributed by atoms with Gasteiger partial charge in [-0.2, -0.15) is 0 Å². The van der Waals surface area contributed by atoms with E-state index in [4.69, 9.17) is 16.3 Å². The predicted molar refractivity (Wildman–Crippen MR) is 80.2 cm³/mol. The van der Waals surface area contributed by atoms with Gasteiger partial charge in [0.1, 0.15) is 5.75 Å². The Morgan fingerprint density at radius 3 is 2.53 bits per heavy atom. The van der Waals surface area contributed by atoms with E-state index in [0.29, 0.717) is 16.3 Å². The Kier molecular flexibility index (Phi) is 4.61. The number of halogens is 2. The summed E-state index contributed by atoms with van der Waals surface area (Å²) >= 11 is 9.26. The van der Waals surface area contributed by atoms with E-state index in [1.807, 2.05) is 25.1 Å². The summed E-state index contributed by atoms with van der Waals surface area (Å²) in [6, 6.07) is 12.5. The lowest BCUT2D eigenvalue weighted by molar-refractivity contribution is 0.0921. The van der Waals surface area contributed by atoms with E-state index < -0.39 is 0 Å². The fourth-order valence-electron chi connectivity index (χ4n) is 1.57. The van der Waals surface area contributed by atoms with Gasteiger partial charge in [-0.3, -0.25) is 4.79 Å². The third kappa shape index (κ3) is 3.82. The van der Waals surface area contributed by atoms with Crippen molar-refractivity contribution < 1.29 is 9.53 Å². The Labute approximate surface area is 125 Å². The molecule has 2 aromatic carbocycles. The van der Waals surface area contributed by atoms with Gasteiger partial charge < -0.3 is 4.74 Å². The normalized spacial score (nSPS) is 10.3. The molecule has 0 heterocycles. The van der Waals surface area contributed by atoms with Crippen molar-refractivity contribution in [2.24, 2.45) is 0 Å². The molecule has 0 spiro atoms. The van der Waals surface area contributed by atoms with Crippen molar-refractivity contribution >= 4 is 33.3 Å². The number of hydrogen-bond donors (Lipinski definition) is 0. The molecule has 0 amide bonds. The number of Topliss-reactive ketones (excluding diaryl/α,β-unsaturated/α-hetero) is 1. The average Bonchev–Trinajstić information content (AvgIpc) is 2.40. The van der Waals surface area contributed by atoms with Crippen molar-refractivity contribution in [1.29, 1.82) is 0 Å². The van der Waals surface area contributed by atoms with Gasteiger partial charge in [-0.1, -0.05) is 39.7 Å². The van der Waals surface area contributed by atoms with Crippen LogP contribution in [0.3, 0.4) is 0 Å². The molecular weight excluding hydrogens is 328 g/mol. The molecular formula is C15H12BrClO2. The molecule has 0 aromatic heterocycles. The van der Waals surface area contributed by atoms with Crippen LogP contribution in [0, 0.1) is 6.92 Å². The summed E-state index contributed by atoms with van der Waals surface area (Å²) in [6.07, 6.45) is 0.